The first-order valence-corrected chi connectivity index (χ1v) is 11.4. The second-order valence-electron chi connectivity index (χ2n) is 7.89. The van der Waals surface area contributed by atoms with Crippen molar-refractivity contribution in [2.75, 3.05) is 26.2 Å². The molecule has 2 unspecified atom stereocenters. The van der Waals surface area contributed by atoms with E-state index in [-0.39, 0.29) is 30.8 Å². The van der Waals surface area contributed by atoms with Crippen LogP contribution >= 0.6 is 12.4 Å². The summed E-state index contributed by atoms with van der Waals surface area (Å²) in [6.07, 6.45) is 5.18. The maximum atomic E-state index is 12.7. The Hall–Kier alpha value is -1.15. The van der Waals surface area contributed by atoms with Crippen LogP contribution < -0.4 is 5.73 Å². The molecule has 1 aromatic rings. The fourth-order valence-corrected chi connectivity index (χ4v) is 5.63. The Labute approximate surface area is 174 Å². The molecule has 0 saturated carbocycles. The molecule has 1 amide bonds. The predicted molar refractivity (Wildman–Crippen MR) is 113 cm³/mol. The molecule has 2 fully saturated rings. The van der Waals surface area contributed by atoms with Gasteiger partial charge in [0.15, 0.2) is 0 Å². The number of benzene rings is 1. The lowest BCUT2D eigenvalue weighted by atomic mass is 9.92. The zero-order valence-corrected chi connectivity index (χ0v) is 18.2. The van der Waals surface area contributed by atoms with Gasteiger partial charge < -0.3 is 10.6 Å². The number of hydrogen-bond acceptors (Lipinski definition) is 4. The monoisotopic (exact) mass is 429 g/mol. The molecule has 0 aliphatic carbocycles. The van der Waals surface area contributed by atoms with Crippen molar-refractivity contribution in [3.63, 3.8) is 0 Å². The van der Waals surface area contributed by atoms with Crippen molar-refractivity contribution in [2.45, 2.75) is 56.4 Å². The van der Waals surface area contributed by atoms with Gasteiger partial charge in [0.2, 0.25) is 15.9 Å². The summed E-state index contributed by atoms with van der Waals surface area (Å²) in [5.74, 6) is 0.672. The van der Waals surface area contributed by atoms with Gasteiger partial charge in [-0.15, -0.1) is 12.4 Å². The number of amides is 1. The highest BCUT2D eigenvalue weighted by Crippen LogP contribution is 2.24. The Morgan fingerprint density at radius 2 is 1.75 bits per heavy atom. The van der Waals surface area contributed by atoms with Crippen molar-refractivity contribution >= 4 is 28.3 Å². The number of nitrogens with zero attached hydrogens (tertiary/aromatic N) is 2. The van der Waals surface area contributed by atoms with Crippen LogP contribution in [0.1, 0.15) is 44.6 Å². The summed E-state index contributed by atoms with van der Waals surface area (Å²) < 4.78 is 27.0. The fraction of sp³-hybridized carbons (Fsp3) is 0.650. The van der Waals surface area contributed by atoms with Gasteiger partial charge in [-0.1, -0.05) is 25.5 Å². The summed E-state index contributed by atoms with van der Waals surface area (Å²) in [6.45, 7) is 4.63. The van der Waals surface area contributed by atoms with Crippen molar-refractivity contribution in [3.8, 4) is 0 Å². The molecule has 2 aliphatic rings. The topological polar surface area (TPSA) is 83.7 Å². The van der Waals surface area contributed by atoms with E-state index in [4.69, 9.17) is 5.73 Å². The van der Waals surface area contributed by atoms with Gasteiger partial charge in [0.25, 0.3) is 0 Å². The number of sulfonamides is 1. The second-order valence-corrected chi connectivity index (χ2v) is 9.83. The number of hydrogen-bond donors (Lipinski definition) is 1. The summed E-state index contributed by atoms with van der Waals surface area (Å²) in [5.41, 5.74) is 6.70. The van der Waals surface area contributed by atoms with Gasteiger partial charge >= 0.3 is 0 Å². The van der Waals surface area contributed by atoms with Crippen LogP contribution in [0.4, 0.5) is 0 Å². The first-order chi connectivity index (χ1) is 12.9. The molecule has 0 aromatic heterocycles. The maximum Gasteiger partial charge on any atom is 0.243 e. The molecule has 28 heavy (non-hydrogen) atoms. The van der Waals surface area contributed by atoms with E-state index < -0.39 is 10.0 Å². The molecule has 2 heterocycles. The number of piperidine rings is 2. The molecule has 0 bridgehead atoms. The van der Waals surface area contributed by atoms with Crippen LogP contribution in [0.5, 0.6) is 0 Å². The van der Waals surface area contributed by atoms with E-state index in [2.05, 4.69) is 6.92 Å². The zero-order chi connectivity index (χ0) is 19.4. The maximum absolute atomic E-state index is 12.7. The minimum absolute atomic E-state index is 0. The lowest BCUT2D eigenvalue weighted by molar-refractivity contribution is -0.134. The summed E-state index contributed by atoms with van der Waals surface area (Å²) in [4.78, 5) is 14.9. The van der Waals surface area contributed by atoms with Gasteiger partial charge in [0, 0.05) is 32.2 Å². The minimum atomic E-state index is -3.43. The number of carbonyl (C=O) groups excluding carboxylic acids is 1. The summed E-state index contributed by atoms with van der Waals surface area (Å²) >= 11 is 0. The van der Waals surface area contributed by atoms with Crippen molar-refractivity contribution in [1.29, 1.82) is 0 Å². The molecule has 0 spiro atoms. The standard InChI is InChI=1S/C20H31N3O3S.ClH/c1-16-9-12-23(18(13-16)15-21)20(24)14-17-5-7-19(8-6-17)27(25,26)22-10-3-2-4-11-22;/h5-8,16,18H,2-4,9-15,21H2,1H3;1H. The number of carbonyl (C=O) groups is 1. The molecule has 2 saturated heterocycles. The third kappa shape index (κ3) is 5.26. The van der Waals surface area contributed by atoms with Crippen LogP contribution in [-0.2, 0) is 21.2 Å². The third-order valence-electron chi connectivity index (χ3n) is 5.80. The van der Waals surface area contributed by atoms with Crippen LogP contribution in [0.3, 0.4) is 0 Å². The van der Waals surface area contributed by atoms with E-state index in [1.54, 1.807) is 28.6 Å². The lowest BCUT2D eigenvalue weighted by Crippen LogP contribution is -2.49. The average Bonchev–Trinajstić information content (AvgIpc) is 2.68. The van der Waals surface area contributed by atoms with Crippen molar-refractivity contribution < 1.29 is 13.2 Å². The molecule has 0 radical (unpaired) electrons. The number of rotatable bonds is 5. The summed E-state index contributed by atoms with van der Waals surface area (Å²) in [6, 6.07) is 6.90. The van der Waals surface area contributed by atoms with Crippen molar-refractivity contribution in [2.24, 2.45) is 11.7 Å². The van der Waals surface area contributed by atoms with Crippen molar-refractivity contribution in [1.82, 2.24) is 9.21 Å². The minimum Gasteiger partial charge on any atom is -0.338 e. The molecule has 8 heteroatoms. The van der Waals surface area contributed by atoms with Crippen LogP contribution in [0.25, 0.3) is 0 Å². The Balaban J connectivity index is 0.00000280. The zero-order valence-electron chi connectivity index (χ0n) is 16.5. The summed E-state index contributed by atoms with van der Waals surface area (Å²) in [5, 5.41) is 0. The Bertz CT molecular complexity index is 748. The molecule has 6 nitrogen and oxygen atoms in total. The molecule has 1 aromatic carbocycles. The van der Waals surface area contributed by atoms with Crippen LogP contribution in [-0.4, -0.2) is 55.8 Å². The van der Waals surface area contributed by atoms with E-state index in [1.807, 2.05) is 4.90 Å². The molecule has 2 aliphatic heterocycles. The number of nitrogens with two attached hydrogens (primary N) is 1. The Morgan fingerprint density at radius 3 is 2.36 bits per heavy atom. The Morgan fingerprint density at radius 1 is 1.11 bits per heavy atom. The van der Waals surface area contributed by atoms with Crippen LogP contribution in [0.2, 0.25) is 0 Å². The van der Waals surface area contributed by atoms with Gasteiger partial charge in [0.05, 0.1) is 11.3 Å². The van der Waals surface area contributed by atoms with Gasteiger partial charge in [0.1, 0.15) is 0 Å². The van der Waals surface area contributed by atoms with E-state index >= 15 is 0 Å². The SMILES string of the molecule is CC1CCN(C(=O)Cc2ccc(S(=O)(=O)N3CCCCC3)cc2)C(CN)C1.Cl. The smallest absolute Gasteiger partial charge is 0.243 e. The van der Waals surface area contributed by atoms with Crippen molar-refractivity contribution in [3.05, 3.63) is 29.8 Å². The average molecular weight is 430 g/mol. The molecular formula is C20H32ClN3O3S. The van der Waals surface area contributed by atoms with Crippen LogP contribution in [0, 0.1) is 5.92 Å². The highest BCUT2D eigenvalue weighted by Gasteiger charge is 2.29. The van der Waals surface area contributed by atoms with E-state index in [0.717, 1.165) is 44.2 Å². The van der Waals surface area contributed by atoms with Gasteiger partial charge in [-0.3, -0.25) is 4.79 Å². The highest BCUT2D eigenvalue weighted by molar-refractivity contribution is 7.89. The lowest BCUT2D eigenvalue weighted by Gasteiger charge is -2.38. The molecule has 2 N–H and O–H groups in total. The summed E-state index contributed by atoms with van der Waals surface area (Å²) in [7, 11) is -3.43. The molecule has 2 atom stereocenters. The van der Waals surface area contributed by atoms with E-state index in [0.29, 0.717) is 30.4 Å². The molecular weight excluding hydrogens is 398 g/mol. The quantitative estimate of drug-likeness (QED) is 0.778. The van der Waals surface area contributed by atoms with E-state index in [9.17, 15) is 13.2 Å². The third-order valence-corrected chi connectivity index (χ3v) is 7.71. The first kappa shape index (κ1) is 23.1. The number of halogens is 1. The molecule has 158 valence electrons. The Kier molecular flexibility index (Phi) is 8.30. The highest BCUT2D eigenvalue weighted by atomic mass is 35.5. The van der Waals surface area contributed by atoms with Gasteiger partial charge in [-0.25, -0.2) is 8.42 Å². The van der Waals surface area contributed by atoms with Gasteiger partial charge in [-0.2, -0.15) is 4.31 Å². The largest absolute Gasteiger partial charge is 0.338 e. The van der Waals surface area contributed by atoms with Gasteiger partial charge in [-0.05, 0) is 49.3 Å². The predicted octanol–water partition coefficient (Wildman–Crippen LogP) is 2.41. The molecule has 3 rings (SSSR count). The van der Waals surface area contributed by atoms with E-state index in [1.165, 1.54) is 0 Å². The normalized spacial score (nSPS) is 23.9. The fourth-order valence-electron chi connectivity index (χ4n) is 4.11. The second kappa shape index (κ2) is 10.1. The first-order valence-electron chi connectivity index (χ1n) is 10.0. The van der Waals surface area contributed by atoms with Crippen LogP contribution in [0.15, 0.2) is 29.2 Å². The number of likely N-dealkylation sites (tertiary alicyclic amines) is 1.